The SMILES string of the molecule is Cc1cc(O)c(-c2nnc(N[C@@H]3CCCN(CCO)C3)nc2C)c(F)c1. The van der Waals surface area contributed by atoms with E-state index in [0.29, 0.717) is 23.8 Å². The smallest absolute Gasteiger partial charge is 0.243 e. The van der Waals surface area contributed by atoms with Gasteiger partial charge in [-0.05, 0) is 50.9 Å². The van der Waals surface area contributed by atoms with Gasteiger partial charge in [0.1, 0.15) is 17.3 Å². The van der Waals surface area contributed by atoms with Crippen molar-refractivity contribution in [2.45, 2.75) is 32.7 Å². The van der Waals surface area contributed by atoms with E-state index in [1.165, 1.54) is 12.1 Å². The normalized spacial score (nSPS) is 18.1. The second kappa shape index (κ2) is 7.92. The Kier molecular flexibility index (Phi) is 5.63. The van der Waals surface area contributed by atoms with Gasteiger partial charge in [0.2, 0.25) is 5.95 Å². The number of aliphatic hydroxyl groups is 1. The number of nitrogens with one attached hydrogen (secondary N) is 1. The third kappa shape index (κ3) is 4.08. The lowest BCUT2D eigenvalue weighted by Gasteiger charge is -2.32. The van der Waals surface area contributed by atoms with Crippen LogP contribution in [0.4, 0.5) is 10.3 Å². The molecule has 0 aliphatic carbocycles. The molecular weight excluding hydrogens is 337 g/mol. The number of likely N-dealkylation sites (tertiary alicyclic amines) is 1. The number of anilines is 1. The monoisotopic (exact) mass is 361 g/mol. The predicted octanol–water partition coefficient (Wildman–Crippen LogP) is 1.87. The van der Waals surface area contributed by atoms with E-state index in [1.54, 1.807) is 13.8 Å². The molecule has 1 aliphatic rings. The minimum absolute atomic E-state index is 0.0198. The first-order chi connectivity index (χ1) is 12.5. The van der Waals surface area contributed by atoms with E-state index in [9.17, 15) is 9.50 Å². The lowest BCUT2D eigenvalue weighted by atomic mass is 10.1. The molecule has 0 bridgehead atoms. The maximum atomic E-state index is 14.3. The van der Waals surface area contributed by atoms with Gasteiger partial charge in [0, 0.05) is 19.1 Å². The van der Waals surface area contributed by atoms with E-state index in [-0.39, 0.29) is 29.7 Å². The predicted molar refractivity (Wildman–Crippen MR) is 96.5 cm³/mol. The highest BCUT2D eigenvalue weighted by molar-refractivity contribution is 5.69. The number of phenols is 1. The number of halogens is 1. The number of nitrogens with zero attached hydrogens (tertiary/aromatic N) is 4. The van der Waals surface area contributed by atoms with Gasteiger partial charge >= 0.3 is 0 Å². The van der Waals surface area contributed by atoms with Crippen molar-refractivity contribution in [3.8, 4) is 17.0 Å². The summed E-state index contributed by atoms with van der Waals surface area (Å²) in [6.45, 7) is 6.00. The lowest BCUT2D eigenvalue weighted by molar-refractivity contribution is 0.166. The number of aliphatic hydroxyl groups excluding tert-OH is 1. The molecule has 1 saturated heterocycles. The van der Waals surface area contributed by atoms with Crippen LogP contribution in [-0.4, -0.2) is 62.6 Å². The number of hydrogen-bond donors (Lipinski definition) is 3. The van der Waals surface area contributed by atoms with Gasteiger partial charge in [0.15, 0.2) is 0 Å². The second-order valence-corrected chi connectivity index (χ2v) is 6.72. The topological polar surface area (TPSA) is 94.4 Å². The number of rotatable bonds is 5. The maximum Gasteiger partial charge on any atom is 0.243 e. The molecule has 7 nitrogen and oxygen atoms in total. The van der Waals surface area contributed by atoms with Crippen molar-refractivity contribution >= 4 is 5.95 Å². The largest absolute Gasteiger partial charge is 0.507 e. The van der Waals surface area contributed by atoms with Gasteiger partial charge in [-0.25, -0.2) is 9.37 Å². The summed E-state index contributed by atoms with van der Waals surface area (Å²) in [5, 5.41) is 30.6. The van der Waals surface area contributed by atoms with Crippen LogP contribution < -0.4 is 5.32 Å². The van der Waals surface area contributed by atoms with Gasteiger partial charge in [0.25, 0.3) is 0 Å². The van der Waals surface area contributed by atoms with Gasteiger partial charge in [-0.3, -0.25) is 4.90 Å². The van der Waals surface area contributed by atoms with E-state index in [0.717, 1.165) is 25.9 Å². The van der Waals surface area contributed by atoms with Gasteiger partial charge in [0.05, 0.1) is 17.9 Å². The zero-order chi connectivity index (χ0) is 18.7. The van der Waals surface area contributed by atoms with Gasteiger partial charge in [-0.1, -0.05) is 0 Å². The third-order valence-corrected chi connectivity index (χ3v) is 4.57. The molecule has 8 heteroatoms. The van der Waals surface area contributed by atoms with Crippen molar-refractivity contribution < 1.29 is 14.6 Å². The van der Waals surface area contributed by atoms with E-state index in [1.807, 2.05) is 0 Å². The standard InChI is InChI=1S/C18H24FN5O2/c1-11-8-14(19)16(15(26)9-11)17-12(2)20-18(23-22-17)21-13-4-3-5-24(10-13)6-7-25/h8-9,13,25-26H,3-7,10H2,1-2H3,(H,20,21,23)/t13-/m1/s1. The quantitative estimate of drug-likeness (QED) is 0.748. The molecule has 0 saturated carbocycles. The van der Waals surface area contributed by atoms with Crippen molar-refractivity contribution in [2.75, 3.05) is 31.6 Å². The summed E-state index contributed by atoms with van der Waals surface area (Å²) < 4.78 is 14.3. The highest BCUT2D eigenvalue weighted by atomic mass is 19.1. The molecule has 3 N–H and O–H groups in total. The fourth-order valence-corrected chi connectivity index (χ4v) is 3.35. The van der Waals surface area contributed by atoms with Crippen LogP contribution in [0.25, 0.3) is 11.3 Å². The lowest BCUT2D eigenvalue weighted by Crippen LogP contribution is -2.43. The molecule has 140 valence electrons. The van der Waals surface area contributed by atoms with Crippen molar-refractivity contribution in [2.24, 2.45) is 0 Å². The molecule has 0 amide bonds. The highest BCUT2D eigenvalue weighted by Crippen LogP contribution is 2.33. The first-order valence-electron chi connectivity index (χ1n) is 8.78. The molecule has 2 aromatic rings. The molecule has 1 aliphatic heterocycles. The molecule has 0 radical (unpaired) electrons. The minimum Gasteiger partial charge on any atom is -0.507 e. The highest BCUT2D eigenvalue weighted by Gasteiger charge is 2.21. The van der Waals surface area contributed by atoms with Crippen LogP contribution in [0, 0.1) is 19.7 Å². The van der Waals surface area contributed by atoms with Crippen LogP contribution in [-0.2, 0) is 0 Å². The average molecular weight is 361 g/mol. The Bertz CT molecular complexity index is 761. The Morgan fingerprint density at radius 1 is 1.31 bits per heavy atom. The molecule has 1 aromatic carbocycles. The van der Waals surface area contributed by atoms with Gasteiger partial charge < -0.3 is 15.5 Å². The molecule has 1 aromatic heterocycles. The number of piperidine rings is 1. The molecule has 1 fully saturated rings. The number of β-amino-alcohol motifs (C(OH)–C–C–N with tert-alkyl or cyclic N) is 1. The fourth-order valence-electron chi connectivity index (χ4n) is 3.35. The maximum absolute atomic E-state index is 14.3. The summed E-state index contributed by atoms with van der Waals surface area (Å²) in [5.74, 6) is -0.335. The van der Waals surface area contributed by atoms with Gasteiger partial charge in [-0.15, -0.1) is 10.2 Å². The summed E-state index contributed by atoms with van der Waals surface area (Å²) >= 11 is 0. The van der Waals surface area contributed by atoms with E-state index in [4.69, 9.17) is 5.11 Å². The number of phenolic OH excluding ortho intramolecular Hbond substituents is 1. The van der Waals surface area contributed by atoms with Crippen LogP contribution in [0.2, 0.25) is 0 Å². The van der Waals surface area contributed by atoms with Crippen molar-refractivity contribution in [1.29, 1.82) is 0 Å². The molecule has 0 unspecified atom stereocenters. The number of benzene rings is 1. The summed E-state index contributed by atoms with van der Waals surface area (Å²) in [4.78, 5) is 6.58. The summed E-state index contributed by atoms with van der Waals surface area (Å²) in [6.07, 6.45) is 2.02. The molecular formula is C18H24FN5O2. The Balaban J connectivity index is 1.78. The van der Waals surface area contributed by atoms with Crippen LogP contribution in [0.15, 0.2) is 12.1 Å². The molecule has 3 rings (SSSR count). The molecule has 1 atom stereocenters. The first kappa shape index (κ1) is 18.5. The summed E-state index contributed by atoms with van der Waals surface area (Å²) in [5.41, 5.74) is 1.37. The first-order valence-corrected chi connectivity index (χ1v) is 8.78. The summed E-state index contributed by atoms with van der Waals surface area (Å²) in [7, 11) is 0. The van der Waals surface area contributed by atoms with E-state index < -0.39 is 5.82 Å². The Morgan fingerprint density at radius 3 is 2.81 bits per heavy atom. The van der Waals surface area contributed by atoms with Crippen LogP contribution in [0.5, 0.6) is 5.75 Å². The molecule has 2 heterocycles. The third-order valence-electron chi connectivity index (χ3n) is 4.57. The molecule has 26 heavy (non-hydrogen) atoms. The minimum atomic E-state index is -0.547. The Hall–Kier alpha value is -2.32. The summed E-state index contributed by atoms with van der Waals surface area (Å²) in [6, 6.07) is 3.01. The second-order valence-electron chi connectivity index (χ2n) is 6.72. The number of aromatic hydroxyl groups is 1. The zero-order valence-electron chi connectivity index (χ0n) is 15.0. The van der Waals surface area contributed by atoms with Crippen molar-refractivity contribution in [3.05, 3.63) is 29.2 Å². The van der Waals surface area contributed by atoms with Crippen LogP contribution in [0.1, 0.15) is 24.1 Å². The zero-order valence-corrected chi connectivity index (χ0v) is 15.0. The van der Waals surface area contributed by atoms with E-state index >= 15 is 0 Å². The number of aryl methyl sites for hydroxylation is 2. The number of hydrogen-bond acceptors (Lipinski definition) is 7. The fraction of sp³-hybridized carbons (Fsp3) is 0.500. The van der Waals surface area contributed by atoms with Gasteiger partial charge in [-0.2, -0.15) is 0 Å². The average Bonchev–Trinajstić information content (AvgIpc) is 2.56. The van der Waals surface area contributed by atoms with Crippen LogP contribution >= 0.6 is 0 Å². The Morgan fingerprint density at radius 2 is 2.12 bits per heavy atom. The van der Waals surface area contributed by atoms with E-state index in [2.05, 4.69) is 25.4 Å². The van der Waals surface area contributed by atoms with Crippen molar-refractivity contribution in [1.82, 2.24) is 20.1 Å². The molecule has 0 spiro atoms. The number of aromatic nitrogens is 3. The Labute approximate surface area is 151 Å². The van der Waals surface area contributed by atoms with Crippen LogP contribution in [0.3, 0.4) is 0 Å². The van der Waals surface area contributed by atoms with Crippen molar-refractivity contribution in [3.63, 3.8) is 0 Å².